The third kappa shape index (κ3) is 5.29. The van der Waals surface area contributed by atoms with Crippen LogP contribution in [0.5, 0.6) is 0 Å². The molecule has 96 valence electrons. The number of pyridine rings is 1. The molecule has 0 fully saturated rings. The highest BCUT2D eigenvalue weighted by atomic mass is 16.5. The Kier molecular flexibility index (Phi) is 6.16. The number of aryl methyl sites for hydroxylation is 1. The molecular formula is C14H24N2O. The largest absolute Gasteiger partial charge is 0.377 e. The van der Waals surface area contributed by atoms with Crippen molar-refractivity contribution in [3.8, 4) is 0 Å². The van der Waals surface area contributed by atoms with E-state index < -0.39 is 0 Å². The highest BCUT2D eigenvalue weighted by molar-refractivity contribution is 5.17. The minimum Gasteiger partial charge on any atom is -0.377 e. The van der Waals surface area contributed by atoms with Gasteiger partial charge in [0.2, 0.25) is 0 Å². The molecule has 1 heterocycles. The average Bonchev–Trinajstić information content (AvgIpc) is 2.29. The van der Waals surface area contributed by atoms with Gasteiger partial charge in [-0.15, -0.1) is 0 Å². The number of hydrogen-bond acceptors (Lipinski definition) is 3. The van der Waals surface area contributed by atoms with Crippen LogP contribution in [0.1, 0.15) is 44.5 Å². The molecule has 0 amide bonds. The number of nitrogens with one attached hydrogen (secondary N) is 1. The summed E-state index contributed by atoms with van der Waals surface area (Å²) in [6.07, 6.45) is 3.23. The summed E-state index contributed by atoms with van der Waals surface area (Å²) >= 11 is 0. The van der Waals surface area contributed by atoms with Gasteiger partial charge in [-0.2, -0.15) is 0 Å². The van der Waals surface area contributed by atoms with E-state index in [9.17, 15) is 0 Å². The number of aromatic nitrogens is 1. The number of ether oxygens (including phenoxy) is 1. The van der Waals surface area contributed by atoms with E-state index in [0.717, 1.165) is 18.7 Å². The van der Waals surface area contributed by atoms with Crippen molar-refractivity contribution in [2.45, 2.75) is 46.3 Å². The summed E-state index contributed by atoms with van der Waals surface area (Å²) < 4.78 is 5.69. The molecule has 1 aromatic rings. The van der Waals surface area contributed by atoms with E-state index in [4.69, 9.17) is 4.74 Å². The number of rotatable bonds is 7. The van der Waals surface area contributed by atoms with Crippen molar-refractivity contribution < 1.29 is 4.74 Å². The maximum atomic E-state index is 5.69. The Morgan fingerprint density at radius 3 is 2.76 bits per heavy atom. The first-order valence-electron chi connectivity index (χ1n) is 6.41. The molecule has 0 saturated heterocycles. The fraction of sp³-hybridized carbons (Fsp3) is 0.643. The van der Waals surface area contributed by atoms with Crippen LogP contribution < -0.4 is 5.32 Å². The normalized spacial score (nSPS) is 13.0. The van der Waals surface area contributed by atoms with Crippen molar-refractivity contribution in [3.05, 3.63) is 29.6 Å². The summed E-state index contributed by atoms with van der Waals surface area (Å²) in [5.41, 5.74) is 2.31. The summed E-state index contributed by atoms with van der Waals surface area (Å²) in [5, 5.41) is 3.48. The lowest BCUT2D eigenvalue weighted by Gasteiger charge is -2.19. The molecule has 0 radical (unpaired) electrons. The van der Waals surface area contributed by atoms with Crippen LogP contribution in [0.2, 0.25) is 0 Å². The molecule has 1 rings (SSSR count). The van der Waals surface area contributed by atoms with Crippen LogP contribution in [-0.4, -0.2) is 24.2 Å². The van der Waals surface area contributed by atoms with Crippen LogP contribution in [0, 0.1) is 6.92 Å². The molecule has 1 aromatic heterocycles. The lowest BCUT2D eigenvalue weighted by Crippen LogP contribution is -2.28. The van der Waals surface area contributed by atoms with E-state index in [0.29, 0.717) is 6.61 Å². The Morgan fingerprint density at radius 2 is 2.18 bits per heavy atom. The molecule has 1 unspecified atom stereocenters. The summed E-state index contributed by atoms with van der Waals surface area (Å²) in [6, 6.07) is 4.33. The third-order valence-electron chi connectivity index (χ3n) is 2.53. The Hall–Kier alpha value is -0.930. The van der Waals surface area contributed by atoms with Gasteiger partial charge in [-0.3, -0.25) is 4.98 Å². The van der Waals surface area contributed by atoms with Gasteiger partial charge < -0.3 is 10.1 Å². The quantitative estimate of drug-likeness (QED) is 0.790. The maximum absolute atomic E-state index is 5.69. The van der Waals surface area contributed by atoms with E-state index in [1.54, 1.807) is 0 Å². The minimum atomic E-state index is 0.192. The van der Waals surface area contributed by atoms with E-state index in [2.05, 4.69) is 44.1 Å². The summed E-state index contributed by atoms with van der Waals surface area (Å²) in [6.45, 7) is 10.0. The zero-order valence-electron chi connectivity index (χ0n) is 11.4. The Bertz CT molecular complexity index is 326. The predicted octanol–water partition coefficient (Wildman–Crippen LogP) is 2.86. The summed E-state index contributed by atoms with van der Waals surface area (Å²) in [4.78, 5) is 4.43. The summed E-state index contributed by atoms with van der Waals surface area (Å²) in [7, 11) is 0. The molecule has 1 atom stereocenters. The molecule has 0 aliphatic rings. The lowest BCUT2D eigenvalue weighted by atomic mass is 10.1. The molecule has 0 aromatic carbocycles. The van der Waals surface area contributed by atoms with Crippen LogP contribution in [0.3, 0.4) is 0 Å². The van der Waals surface area contributed by atoms with Gasteiger partial charge in [-0.25, -0.2) is 0 Å². The smallest absolute Gasteiger partial charge is 0.0732 e. The van der Waals surface area contributed by atoms with Crippen molar-refractivity contribution in [1.82, 2.24) is 10.3 Å². The van der Waals surface area contributed by atoms with Crippen molar-refractivity contribution in [2.24, 2.45) is 0 Å². The molecule has 0 aliphatic carbocycles. The number of hydrogen-bond donors (Lipinski definition) is 1. The van der Waals surface area contributed by atoms with Crippen LogP contribution in [-0.2, 0) is 4.74 Å². The second kappa shape index (κ2) is 7.41. The van der Waals surface area contributed by atoms with Gasteiger partial charge in [-0.05, 0) is 51.4 Å². The van der Waals surface area contributed by atoms with Gasteiger partial charge in [0.25, 0.3) is 0 Å². The zero-order chi connectivity index (χ0) is 12.7. The van der Waals surface area contributed by atoms with E-state index >= 15 is 0 Å². The molecule has 0 saturated carbocycles. The van der Waals surface area contributed by atoms with Crippen LogP contribution in [0.4, 0.5) is 0 Å². The topological polar surface area (TPSA) is 34.1 Å². The van der Waals surface area contributed by atoms with Crippen LogP contribution in [0.15, 0.2) is 18.3 Å². The van der Waals surface area contributed by atoms with Crippen LogP contribution in [0.25, 0.3) is 0 Å². The van der Waals surface area contributed by atoms with Crippen molar-refractivity contribution in [2.75, 3.05) is 13.2 Å². The highest BCUT2D eigenvalue weighted by Crippen LogP contribution is 2.13. The van der Waals surface area contributed by atoms with Gasteiger partial charge in [-0.1, -0.05) is 6.92 Å². The fourth-order valence-corrected chi connectivity index (χ4v) is 1.61. The Morgan fingerprint density at radius 1 is 1.41 bits per heavy atom. The molecule has 0 aliphatic heterocycles. The van der Waals surface area contributed by atoms with Crippen molar-refractivity contribution in [3.63, 3.8) is 0 Å². The zero-order valence-corrected chi connectivity index (χ0v) is 11.4. The van der Waals surface area contributed by atoms with Gasteiger partial charge in [0.1, 0.15) is 0 Å². The molecule has 3 heteroatoms. The predicted molar refractivity (Wildman–Crippen MR) is 71.1 cm³/mol. The first-order chi connectivity index (χ1) is 8.13. The molecule has 0 spiro atoms. The van der Waals surface area contributed by atoms with Gasteiger partial charge >= 0.3 is 0 Å². The maximum Gasteiger partial charge on any atom is 0.0732 e. The molecule has 17 heavy (non-hydrogen) atoms. The van der Waals surface area contributed by atoms with Gasteiger partial charge in [0, 0.05) is 6.20 Å². The standard InChI is InChI=1S/C14H24N2O/c1-5-7-15-14(10-17-11(2)3)13-9-12(4)6-8-16-13/h6,8-9,11,14-15H,5,7,10H2,1-4H3. The third-order valence-corrected chi connectivity index (χ3v) is 2.53. The average molecular weight is 236 g/mol. The lowest BCUT2D eigenvalue weighted by molar-refractivity contribution is 0.0603. The molecular weight excluding hydrogens is 212 g/mol. The second-order valence-corrected chi connectivity index (χ2v) is 4.65. The Balaban J connectivity index is 2.67. The fourth-order valence-electron chi connectivity index (χ4n) is 1.61. The van der Waals surface area contributed by atoms with E-state index in [1.807, 2.05) is 12.3 Å². The highest BCUT2D eigenvalue weighted by Gasteiger charge is 2.13. The van der Waals surface area contributed by atoms with Crippen LogP contribution >= 0.6 is 0 Å². The monoisotopic (exact) mass is 236 g/mol. The molecule has 0 bridgehead atoms. The first kappa shape index (κ1) is 14.1. The summed E-state index contributed by atoms with van der Waals surface area (Å²) in [5.74, 6) is 0. The van der Waals surface area contributed by atoms with E-state index in [1.165, 1.54) is 5.56 Å². The van der Waals surface area contributed by atoms with E-state index in [-0.39, 0.29) is 12.1 Å². The number of nitrogens with zero attached hydrogens (tertiary/aromatic N) is 1. The second-order valence-electron chi connectivity index (χ2n) is 4.65. The van der Waals surface area contributed by atoms with Gasteiger partial charge in [0.05, 0.1) is 24.4 Å². The molecule has 3 nitrogen and oxygen atoms in total. The molecule has 1 N–H and O–H groups in total. The van der Waals surface area contributed by atoms with Crippen molar-refractivity contribution in [1.29, 1.82) is 0 Å². The van der Waals surface area contributed by atoms with Gasteiger partial charge in [0.15, 0.2) is 0 Å². The van der Waals surface area contributed by atoms with Crippen molar-refractivity contribution >= 4 is 0 Å². The first-order valence-corrected chi connectivity index (χ1v) is 6.41. The minimum absolute atomic E-state index is 0.192. The Labute approximate surface area is 105 Å². The SMILES string of the molecule is CCCNC(COC(C)C)c1cc(C)ccn1.